The maximum atomic E-state index is 12.4. The highest BCUT2D eigenvalue weighted by Crippen LogP contribution is 2.36. The van der Waals surface area contributed by atoms with E-state index >= 15 is 0 Å². The Bertz CT molecular complexity index is 792. The number of hydrogen-bond donors (Lipinski definition) is 1. The van der Waals surface area contributed by atoms with Crippen LogP contribution in [0.5, 0.6) is 0 Å². The Balaban J connectivity index is 1.97. The molecule has 2 aromatic rings. The lowest BCUT2D eigenvalue weighted by Crippen LogP contribution is -2.54. The second kappa shape index (κ2) is 7.87. The number of anilines is 1. The van der Waals surface area contributed by atoms with Crippen molar-refractivity contribution in [3.05, 3.63) is 63.6 Å². The van der Waals surface area contributed by atoms with E-state index in [4.69, 9.17) is 28.9 Å². The molecule has 26 heavy (non-hydrogen) atoms. The first-order valence-electron chi connectivity index (χ1n) is 8.69. The zero-order chi connectivity index (χ0) is 18.8. The zero-order valence-electron chi connectivity index (χ0n) is 15.0. The number of benzene rings is 2. The number of halogens is 2. The number of carbonyl (C=O) groups excluding carboxylic acids is 1. The van der Waals surface area contributed by atoms with E-state index in [9.17, 15) is 4.79 Å². The van der Waals surface area contributed by atoms with E-state index in [-0.39, 0.29) is 11.9 Å². The molecule has 0 aromatic heterocycles. The topological polar surface area (TPSA) is 49.6 Å². The molecule has 1 fully saturated rings. The lowest BCUT2D eigenvalue weighted by atomic mass is 10.0. The third-order valence-corrected chi connectivity index (χ3v) is 5.30. The Kier molecular flexibility index (Phi) is 5.76. The molecule has 0 saturated carbocycles. The quantitative estimate of drug-likeness (QED) is 0.858. The van der Waals surface area contributed by atoms with Crippen molar-refractivity contribution in [1.29, 1.82) is 0 Å². The van der Waals surface area contributed by atoms with Crippen LogP contribution >= 0.6 is 23.2 Å². The van der Waals surface area contributed by atoms with Gasteiger partial charge in [0.25, 0.3) is 0 Å². The number of amides is 1. The second-order valence-corrected chi connectivity index (χ2v) is 7.63. The van der Waals surface area contributed by atoms with Crippen molar-refractivity contribution >= 4 is 34.8 Å². The maximum absolute atomic E-state index is 12.4. The van der Waals surface area contributed by atoms with Gasteiger partial charge in [-0.1, -0.05) is 41.4 Å². The zero-order valence-corrected chi connectivity index (χ0v) is 16.5. The minimum absolute atomic E-state index is 0.0103. The highest BCUT2D eigenvalue weighted by atomic mass is 35.5. The van der Waals surface area contributed by atoms with Gasteiger partial charge < -0.3 is 15.5 Å². The summed E-state index contributed by atoms with van der Waals surface area (Å²) in [5.41, 5.74) is 9.00. The van der Waals surface area contributed by atoms with Crippen LogP contribution in [0.15, 0.2) is 42.5 Å². The van der Waals surface area contributed by atoms with Crippen molar-refractivity contribution in [2.45, 2.75) is 25.9 Å². The van der Waals surface area contributed by atoms with Gasteiger partial charge in [-0.25, -0.2) is 0 Å². The van der Waals surface area contributed by atoms with Gasteiger partial charge in [-0.15, -0.1) is 0 Å². The van der Waals surface area contributed by atoms with Gasteiger partial charge in [0, 0.05) is 24.7 Å². The molecular weight excluding hydrogens is 369 g/mol. The average Bonchev–Trinajstić information content (AvgIpc) is 2.61. The molecule has 0 aliphatic carbocycles. The summed E-state index contributed by atoms with van der Waals surface area (Å²) in [5, 5.41) is 1.41. The van der Waals surface area contributed by atoms with Gasteiger partial charge in [0.15, 0.2) is 0 Å². The Morgan fingerprint density at radius 1 is 1.15 bits per heavy atom. The fourth-order valence-electron chi connectivity index (χ4n) is 3.37. The van der Waals surface area contributed by atoms with Crippen molar-refractivity contribution in [3.63, 3.8) is 0 Å². The first-order valence-corrected chi connectivity index (χ1v) is 9.45. The third kappa shape index (κ3) is 3.98. The minimum atomic E-state index is -0.504. The molecule has 1 aliphatic rings. The predicted octanol–water partition coefficient (Wildman–Crippen LogP) is 4.04. The fraction of sp³-hybridized carbons (Fsp3) is 0.350. The third-order valence-electron chi connectivity index (χ3n) is 4.75. The van der Waals surface area contributed by atoms with E-state index in [0.717, 1.165) is 21.8 Å². The Morgan fingerprint density at radius 3 is 2.46 bits per heavy atom. The van der Waals surface area contributed by atoms with Crippen molar-refractivity contribution in [1.82, 2.24) is 4.90 Å². The van der Waals surface area contributed by atoms with Crippen LogP contribution in [0.3, 0.4) is 0 Å². The SMILES string of the molecule is Cc1ccc(N2CCN(C(=O)[C@H](C)N)C[C@H]2c2ccc(Cl)cc2)c(Cl)c1. The van der Waals surface area contributed by atoms with E-state index < -0.39 is 6.04 Å². The molecule has 4 nitrogen and oxygen atoms in total. The first-order chi connectivity index (χ1) is 12.4. The van der Waals surface area contributed by atoms with Crippen LogP contribution in [0.4, 0.5) is 5.69 Å². The molecule has 138 valence electrons. The summed E-state index contributed by atoms with van der Waals surface area (Å²) in [6, 6.07) is 13.3. The molecule has 0 spiro atoms. The van der Waals surface area contributed by atoms with E-state index in [1.807, 2.05) is 48.2 Å². The summed E-state index contributed by atoms with van der Waals surface area (Å²) in [4.78, 5) is 16.5. The van der Waals surface area contributed by atoms with Crippen molar-refractivity contribution in [2.24, 2.45) is 5.73 Å². The number of rotatable bonds is 3. The van der Waals surface area contributed by atoms with Crippen LogP contribution in [-0.4, -0.2) is 36.5 Å². The number of nitrogens with zero attached hydrogens (tertiary/aromatic N) is 2. The molecule has 2 aromatic carbocycles. The smallest absolute Gasteiger partial charge is 0.239 e. The lowest BCUT2D eigenvalue weighted by molar-refractivity contribution is -0.133. The molecule has 1 aliphatic heterocycles. The minimum Gasteiger partial charge on any atom is -0.360 e. The molecular formula is C20H23Cl2N3O. The summed E-state index contributed by atoms with van der Waals surface area (Å²) in [5.74, 6) is -0.0291. The molecule has 1 saturated heterocycles. The van der Waals surface area contributed by atoms with Crippen LogP contribution in [0.1, 0.15) is 24.1 Å². The lowest BCUT2D eigenvalue weighted by Gasteiger charge is -2.44. The van der Waals surface area contributed by atoms with Crippen LogP contribution in [-0.2, 0) is 4.79 Å². The van der Waals surface area contributed by atoms with Crippen LogP contribution < -0.4 is 10.6 Å². The van der Waals surface area contributed by atoms with Gasteiger partial charge in [-0.2, -0.15) is 0 Å². The van der Waals surface area contributed by atoms with Gasteiger partial charge in [-0.3, -0.25) is 4.79 Å². The van der Waals surface area contributed by atoms with E-state index in [1.165, 1.54) is 0 Å². The Hall–Kier alpha value is -1.75. The van der Waals surface area contributed by atoms with Crippen molar-refractivity contribution in [2.75, 3.05) is 24.5 Å². The maximum Gasteiger partial charge on any atom is 0.239 e. The summed E-state index contributed by atoms with van der Waals surface area (Å²) in [6.45, 7) is 5.61. The molecule has 1 amide bonds. The Labute approximate surface area is 164 Å². The van der Waals surface area contributed by atoms with Crippen LogP contribution in [0.2, 0.25) is 10.0 Å². The molecule has 1 heterocycles. The molecule has 2 atom stereocenters. The highest BCUT2D eigenvalue weighted by Gasteiger charge is 2.32. The van der Waals surface area contributed by atoms with Crippen molar-refractivity contribution in [3.8, 4) is 0 Å². The molecule has 0 unspecified atom stereocenters. The van der Waals surface area contributed by atoms with E-state index in [2.05, 4.69) is 11.0 Å². The molecule has 0 bridgehead atoms. The summed E-state index contributed by atoms with van der Waals surface area (Å²) in [7, 11) is 0. The van der Waals surface area contributed by atoms with Gasteiger partial charge >= 0.3 is 0 Å². The highest BCUT2D eigenvalue weighted by molar-refractivity contribution is 6.33. The number of nitrogens with two attached hydrogens (primary N) is 1. The fourth-order valence-corrected chi connectivity index (χ4v) is 3.84. The Morgan fingerprint density at radius 2 is 1.85 bits per heavy atom. The summed E-state index contributed by atoms with van der Waals surface area (Å²) in [6.07, 6.45) is 0. The van der Waals surface area contributed by atoms with E-state index in [0.29, 0.717) is 24.7 Å². The van der Waals surface area contributed by atoms with E-state index in [1.54, 1.807) is 6.92 Å². The largest absolute Gasteiger partial charge is 0.360 e. The average molecular weight is 392 g/mol. The van der Waals surface area contributed by atoms with Gasteiger partial charge in [-0.05, 0) is 49.2 Å². The second-order valence-electron chi connectivity index (χ2n) is 6.79. The number of aryl methyl sites for hydroxylation is 1. The normalized spacial score (nSPS) is 18.7. The predicted molar refractivity (Wildman–Crippen MR) is 108 cm³/mol. The molecule has 3 rings (SSSR count). The number of carbonyl (C=O) groups is 1. The number of piperazine rings is 1. The first kappa shape index (κ1) is 19.0. The monoisotopic (exact) mass is 391 g/mol. The molecule has 2 N–H and O–H groups in total. The molecule has 0 radical (unpaired) electrons. The van der Waals surface area contributed by atoms with Crippen LogP contribution in [0, 0.1) is 6.92 Å². The summed E-state index contributed by atoms with van der Waals surface area (Å²) < 4.78 is 0. The van der Waals surface area contributed by atoms with Gasteiger partial charge in [0.1, 0.15) is 0 Å². The standard InChI is InChI=1S/C20H23Cl2N3O/c1-13-3-8-18(17(22)11-13)25-10-9-24(20(26)14(2)23)12-19(25)15-4-6-16(21)7-5-15/h3-8,11,14,19H,9-10,12,23H2,1-2H3/t14-,19-/m0/s1. The van der Waals surface area contributed by atoms with Crippen molar-refractivity contribution < 1.29 is 4.79 Å². The van der Waals surface area contributed by atoms with Gasteiger partial charge in [0.2, 0.25) is 5.91 Å². The number of hydrogen-bond acceptors (Lipinski definition) is 3. The summed E-state index contributed by atoms with van der Waals surface area (Å²) >= 11 is 12.6. The van der Waals surface area contributed by atoms with Gasteiger partial charge in [0.05, 0.1) is 22.8 Å². The van der Waals surface area contributed by atoms with Crippen LogP contribution in [0.25, 0.3) is 0 Å². The molecule has 6 heteroatoms.